The van der Waals surface area contributed by atoms with Crippen molar-refractivity contribution in [2.75, 3.05) is 6.54 Å². The van der Waals surface area contributed by atoms with Gasteiger partial charge in [-0.1, -0.05) is 36.2 Å². The number of rotatable bonds is 4. The molecule has 0 spiro atoms. The number of aryl methyl sites for hydroxylation is 1. The van der Waals surface area contributed by atoms with E-state index in [4.69, 9.17) is 23.2 Å². The molecule has 1 aromatic heterocycles. The van der Waals surface area contributed by atoms with Gasteiger partial charge in [0, 0.05) is 9.35 Å². The Morgan fingerprint density at radius 2 is 2.05 bits per heavy atom. The van der Waals surface area contributed by atoms with Crippen LogP contribution in [0.5, 0.6) is 0 Å². The second-order valence-electron chi connectivity index (χ2n) is 4.27. The van der Waals surface area contributed by atoms with Gasteiger partial charge in [-0.05, 0) is 58.7 Å². The molecule has 1 atom stereocenters. The van der Waals surface area contributed by atoms with Crippen molar-refractivity contribution in [3.05, 3.63) is 54.1 Å². The third-order valence-corrected chi connectivity index (χ3v) is 5.70. The second kappa shape index (κ2) is 6.59. The molecule has 5 heteroatoms. The maximum Gasteiger partial charge on any atom is 0.0961 e. The van der Waals surface area contributed by atoms with Crippen molar-refractivity contribution >= 4 is 50.5 Å². The molecule has 19 heavy (non-hydrogen) atoms. The van der Waals surface area contributed by atoms with Crippen LogP contribution in [0.4, 0.5) is 0 Å². The fourth-order valence-electron chi connectivity index (χ4n) is 1.90. The zero-order valence-electron chi connectivity index (χ0n) is 10.6. The lowest BCUT2D eigenvalue weighted by molar-refractivity contribution is 0.639. The lowest BCUT2D eigenvalue weighted by Crippen LogP contribution is -2.21. The highest BCUT2D eigenvalue weighted by atomic mass is 79.9. The van der Waals surface area contributed by atoms with E-state index in [0.29, 0.717) is 0 Å². The first-order chi connectivity index (χ1) is 9.02. The summed E-state index contributed by atoms with van der Waals surface area (Å²) in [6, 6.07) is 8.31. The molecule has 0 aliphatic rings. The largest absolute Gasteiger partial charge is 0.306 e. The van der Waals surface area contributed by atoms with E-state index >= 15 is 0 Å². The molecule has 0 radical (unpaired) electrons. The quantitative estimate of drug-likeness (QED) is 0.706. The average molecular weight is 379 g/mol. The Balaban J connectivity index is 2.41. The van der Waals surface area contributed by atoms with Crippen LogP contribution in [0.2, 0.25) is 9.36 Å². The SMILES string of the molecule is CCNC(c1ccc(Br)c(Cl)c1)c1cc(C)c(Cl)s1. The first kappa shape index (κ1) is 15.3. The summed E-state index contributed by atoms with van der Waals surface area (Å²) in [7, 11) is 0. The van der Waals surface area contributed by atoms with Crippen LogP contribution >= 0.6 is 50.5 Å². The molecule has 0 aliphatic heterocycles. The van der Waals surface area contributed by atoms with E-state index in [2.05, 4.69) is 40.3 Å². The summed E-state index contributed by atoms with van der Waals surface area (Å²) in [6.45, 7) is 5.00. The van der Waals surface area contributed by atoms with Crippen molar-refractivity contribution in [1.29, 1.82) is 0 Å². The van der Waals surface area contributed by atoms with Crippen molar-refractivity contribution in [1.82, 2.24) is 5.32 Å². The first-order valence-corrected chi connectivity index (χ1v) is 8.33. The van der Waals surface area contributed by atoms with Crippen molar-refractivity contribution in [2.24, 2.45) is 0 Å². The minimum atomic E-state index is 0.131. The van der Waals surface area contributed by atoms with Crippen LogP contribution in [0.3, 0.4) is 0 Å². The molecule has 2 rings (SSSR count). The summed E-state index contributed by atoms with van der Waals surface area (Å²) in [5, 5.41) is 4.20. The fourth-order valence-corrected chi connectivity index (χ4v) is 3.66. The van der Waals surface area contributed by atoms with E-state index in [1.54, 1.807) is 11.3 Å². The van der Waals surface area contributed by atoms with Crippen molar-refractivity contribution in [3.8, 4) is 0 Å². The molecule has 0 aliphatic carbocycles. The smallest absolute Gasteiger partial charge is 0.0961 e. The Morgan fingerprint density at radius 3 is 2.58 bits per heavy atom. The molecule has 0 fully saturated rings. The second-order valence-corrected chi connectivity index (χ2v) is 7.22. The molecule has 1 unspecified atom stereocenters. The minimum Gasteiger partial charge on any atom is -0.306 e. The predicted octanol–water partition coefficient (Wildman–Crippen LogP) is 5.82. The molecule has 0 bridgehead atoms. The highest BCUT2D eigenvalue weighted by molar-refractivity contribution is 9.10. The molecule has 1 heterocycles. The molecule has 0 saturated heterocycles. The standard InChI is InChI=1S/C14H14BrCl2NS/c1-3-18-13(12-6-8(2)14(17)19-12)9-4-5-10(15)11(16)7-9/h4-7,13,18H,3H2,1-2H3. The number of nitrogens with one attached hydrogen (secondary N) is 1. The Hall–Kier alpha value is -0.0600. The van der Waals surface area contributed by atoms with E-state index in [0.717, 1.165) is 31.5 Å². The van der Waals surface area contributed by atoms with Gasteiger partial charge in [-0.15, -0.1) is 11.3 Å². The highest BCUT2D eigenvalue weighted by Gasteiger charge is 2.17. The Bertz CT molecular complexity index is 563. The van der Waals surface area contributed by atoms with Crippen LogP contribution in [-0.2, 0) is 0 Å². The lowest BCUT2D eigenvalue weighted by atomic mass is 10.0. The van der Waals surface area contributed by atoms with Gasteiger partial charge in [0.05, 0.1) is 15.4 Å². The van der Waals surface area contributed by atoms with Crippen LogP contribution in [0.15, 0.2) is 28.7 Å². The zero-order chi connectivity index (χ0) is 14.0. The van der Waals surface area contributed by atoms with Crippen LogP contribution in [0, 0.1) is 6.92 Å². The van der Waals surface area contributed by atoms with Crippen molar-refractivity contribution in [2.45, 2.75) is 19.9 Å². The van der Waals surface area contributed by atoms with Gasteiger partial charge in [0.25, 0.3) is 0 Å². The van der Waals surface area contributed by atoms with E-state index in [9.17, 15) is 0 Å². The summed E-state index contributed by atoms with van der Waals surface area (Å²) in [4.78, 5) is 1.21. The average Bonchev–Trinajstić information content (AvgIpc) is 2.70. The van der Waals surface area contributed by atoms with E-state index in [1.165, 1.54) is 4.88 Å². The summed E-state index contributed by atoms with van der Waals surface area (Å²) in [6.07, 6.45) is 0. The maximum atomic E-state index is 6.18. The maximum absolute atomic E-state index is 6.18. The van der Waals surface area contributed by atoms with Crippen LogP contribution in [0.25, 0.3) is 0 Å². The Labute approximate surface area is 136 Å². The number of benzene rings is 1. The summed E-state index contributed by atoms with van der Waals surface area (Å²) in [5.41, 5.74) is 2.26. The Kier molecular flexibility index (Phi) is 5.32. The van der Waals surface area contributed by atoms with Crippen molar-refractivity contribution in [3.63, 3.8) is 0 Å². The number of halogens is 3. The normalized spacial score (nSPS) is 12.7. The lowest BCUT2D eigenvalue weighted by Gasteiger charge is -2.17. The topological polar surface area (TPSA) is 12.0 Å². The van der Waals surface area contributed by atoms with E-state index in [1.807, 2.05) is 19.1 Å². The van der Waals surface area contributed by atoms with Gasteiger partial charge >= 0.3 is 0 Å². The van der Waals surface area contributed by atoms with E-state index < -0.39 is 0 Å². The molecule has 1 nitrogen and oxygen atoms in total. The van der Waals surface area contributed by atoms with Gasteiger partial charge in [-0.2, -0.15) is 0 Å². The third-order valence-electron chi connectivity index (χ3n) is 2.85. The minimum absolute atomic E-state index is 0.131. The number of hydrogen-bond acceptors (Lipinski definition) is 2. The van der Waals surface area contributed by atoms with E-state index in [-0.39, 0.29) is 6.04 Å². The first-order valence-electron chi connectivity index (χ1n) is 5.97. The molecule has 1 aromatic carbocycles. The molecule has 0 amide bonds. The van der Waals surface area contributed by atoms with Crippen LogP contribution in [-0.4, -0.2) is 6.54 Å². The fraction of sp³-hybridized carbons (Fsp3) is 0.286. The zero-order valence-corrected chi connectivity index (χ0v) is 14.6. The summed E-state index contributed by atoms with van der Waals surface area (Å²) in [5.74, 6) is 0. The van der Waals surface area contributed by atoms with Crippen LogP contribution in [0.1, 0.15) is 29.0 Å². The van der Waals surface area contributed by atoms with Gasteiger partial charge in [-0.25, -0.2) is 0 Å². The highest BCUT2D eigenvalue weighted by Crippen LogP contribution is 2.35. The predicted molar refractivity (Wildman–Crippen MR) is 88.7 cm³/mol. The monoisotopic (exact) mass is 377 g/mol. The molecular weight excluding hydrogens is 365 g/mol. The summed E-state index contributed by atoms with van der Waals surface area (Å²) >= 11 is 17.4. The molecule has 0 saturated carbocycles. The van der Waals surface area contributed by atoms with Gasteiger partial charge < -0.3 is 5.32 Å². The van der Waals surface area contributed by atoms with Gasteiger partial charge in [0.1, 0.15) is 0 Å². The van der Waals surface area contributed by atoms with Crippen LogP contribution < -0.4 is 5.32 Å². The van der Waals surface area contributed by atoms with Crippen molar-refractivity contribution < 1.29 is 0 Å². The number of thiophene rings is 1. The summed E-state index contributed by atoms with van der Waals surface area (Å²) < 4.78 is 1.76. The Morgan fingerprint density at radius 1 is 1.32 bits per heavy atom. The third kappa shape index (κ3) is 3.53. The molecule has 2 aromatic rings. The number of hydrogen-bond donors (Lipinski definition) is 1. The van der Waals surface area contributed by atoms with Gasteiger partial charge in [-0.3, -0.25) is 0 Å². The molecular formula is C14H14BrCl2NS. The van der Waals surface area contributed by atoms with Gasteiger partial charge in [0.15, 0.2) is 0 Å². The molecule has 102 valence electrons. The molecule has 1 N–H and O–H groups in total. The van der Waals surface area contributed by atoms with Gasteiger partial charge in [0.2, 0.25) is 0 Å².